The minimum Gasteiger partial charge on any atom is -0.442 e. The molecule has 0 aliphatic rings. The van der Waals surface area contributed by atoms with E-state index in [2.05, 4.69) is 5.10 Å². The van der Waals surface area contributed by atoms with Gasteiger partial charge in [-0.25, -0.2) is 13.6 Å². The molecule has 106 valence electrons. The number of halogens is 2. The molecule has 0 atom stereocenters. The van der Waals surface area contributed by atoms with Crippen molar-refractivity contribution in [3.05, 3.63) is 42.2 Å². The lowest BCUT2D eigenvalue weighted by atomic mass is 10.1. The molecule has 20 heavy (non-hydrogen) atoms. The van der Waals surface area contributed by atoms with Crippen LogP contribution < -0.4 is 0 Å². The van der Waals surface area contributed by atoms with Crippen LogP contribution in [0.2, 0.25) is 0 Å². The molecule has 1 aromatic carbocycles. The Balaban J connectivity index is 2.24. The lowest BCUT2D eigenvalue weighted by Crippen LogP contribution is -2.27. The van der Waals surface area contributed by atoms with Gasteiger partial charge in [-0.3, -0.25) is 0 Å². The van der Waals surface area contributed by atoms with Gasteiger partial charge in [-0.05, 0) is 38.5 Å². The number of carbonyl (C=O) groups excluding carboxylic acids is 1. The number of rotatable bonds is 1. The Kier molecular flexibility index (Phi) is 3.57. The fourth-order valence-electron chi connectivity index (χ4n) is 1.56. The molecule has 0 unspecified atom stereocenters. The predicted molar refractivity (Wildman–Crippen MR) is 69.2 cm³/mol. The van der Waals surface area contributed by atoms with E-state index in [1.165, 1.54) is 18.5 Å². The molecule has 0 saturated heterocycles. The first-order valence-electron chi connectivity index (χ1n) is 6.00. The minimum absolute atomic E-state index is 0.429. The summed E-state index contributed by atoms with van der Waals surface area (Å²) in [6.07, 6.45) is 2.16. The average molecular weight is 280 g/mol. The van der Waals surface area contributed by atoms with Crippen LogP contribution in [-0.4, -0.2) is 21.5 Å². The molecule has 6 heteroatoms. The fraction of sp³-hybridized carbons (Fsp3) is 0.286. The van der Waals surface area contributed by atoms with Crippen LogP contribution in [0, 0.1) is 11.6 Å². The van der Waals surface area contributed by atoms with Crippen LogP contribution >= 0.6 is 0 Å². The van der Waals surface area contributed by atoms with Crippen molar-refractivity contribution < 1.29 is 18.3 Å². The van der Waals surface area contributed by atoms with Gasteiger partial charge in [-0.2, -0.15) is 9.78 Å². The van der Waals surface area contributed by atoms with Gasteiger partial charge in [-0.1, -0.05) is 6.07 Å². The number of ether oxygens (including phenoxy) is 1. The lowest BCUT2D eigenvalue weighted by molar-refractivity contribution is 0.0514. The highest BCUT2D eigenvalue weighted by atomic mass is 19.2. The standard InChI is InChI=1S/C14H14F2N2O2/c1-14(2,3)20-13(19)18-8-10(7-17-18)9-4-5-11(15)12(16)6-9/h4-8H,1-3H3. The van der Waals surface area contributed by atoms with Crippen LogP contribution in [-0.2, 0) is 4.74 Å². The maximum absolute atomic E-state index is 13.2. The van der Waals surface area contributed by atoms with Crippen molar-refractivity contribution in [2.75, 3.05) is 0 Å². The second-order valence-electron chi connectivity index (χ2n) is 5.28. The van der Waals surface area contributed by atoms with E-state index in [9.17, 15) is 13.6 Å². The molecule has 4 nitrogen and oxygen atoms in total. The summed E-state index contributed by atoms with van der Waals surface area (Å²) in [6, 6.07) is 3.48. The summed E-state index contributed by atoms with van der Waals surface area (Å²) in [5, 5.41) is 3.85. The van der Waals surface area contributed by atoms with Crippen LogP contribution in [0.25, 0.3) is 11.1 Å². The molecule has 0 saturated carbocycles. The van der Waals surface area contributed by atoms with E-state index in [-0.39, 0.29) is 0 Å². The first-order valence-corrected chi connectivity index (χ1v) is 6.00. The van der Waals surface area contributed by atoms with Crippen LogP contribution in [0.15, 0.2) is 30.6 Å². The summed E-state index contributed by atoms with van der Waals surface area (Å²) < 4.78 is 32.2. The highest BCUT2D eigenvalue weighted by Crippen LogP contribution is 2.21. The zero-order valence-corrected chi connectivity index (χ0v) is 11.4. The summed E-state index contributed by atoms with van der Waals surface area (Å²) in [5.74, 6) is -1.87. The minimum atomic E-state index is -0.951. The number of nitrogens with zero attached hydrogens (tertiary/aromatic N) is 2. The van der Waals surface area contributed by atoms with Crippen LogP contribution in [0.4, 0.5) is 13.6 Å². The fourth-order valence-corrected chi connectivity index (χ4v) is 1.56. The highest BCUT2D eigenvalue weighted by Gasteiger charge is 2.18. The van der Waals surface area contributed by atoms with Crippen molar-refractivity contribution >= 4 is 6.09 Å². The third-order valence-electron chi connectivity index (χ3n) is 2.42. The molecule has 0 radical (unpaired) electrons. The third kappa shape index (κ3) is 3.20. The van der Waals surface area contributed by atoms with E-state index in [0.717, 1.165) is 16.8 Å². The average Bonchev–Trinajstić information content (AvgIpc) is 2.80. The van der Waals surface area contributed by atoms with Crippen LogP contribution in [0.3, 0.4) is 0 Å². The Bertz CT molecular complexity index is 645. The Morgan fingerprint density at radius 2 is 1.90 bits per heavy atom. The molecule has 0 aliphatic heterocycles. The maximum atomic E-state index is 13.2. The molecule has 0 aliphatic carbocycles. The second kappa shape index (κ2) is 5.03. The van der Waals surface area contributed by atoms with E-state index >= 15 is 0 Å². The monoisotopic (exact) mass is 280 g/mol. The summed E-state index contributed by atoms with van der Waals surface area (Å²) in [4.78, 5) is 11.8. The third-order valence-corrected chi connectivity index (χ3v) is 2.42. The number of aromatic nitrogens is 2. The normalized spacial score (nSPS) is 11.4. The van der Waals surface area contributed by atoms with Gasteiger partial charge in [-0.15, -0.1) is 0 Å². The summed E-state index contributed by atoms with van der Waals surface area (Å²) >= 11 is 0. The van der Waals surface area contributed by atoms with E-state index in [1.807, 2.05) is 0 Å². The van der Waals surface area contributed by atoms with E-state index in [0.29, 0.717) is 11.1 Å². The van der Waals surface area contributed by atoms with E-state index in [4.69, 9.17) is 4.74 Å². The molecule has 1 aromatic heterocycles. The maximum Gasteiger partial charge on any atom is 0.435 e. The molecule has 0 N–H and O–H groups in total. The summed E-state index contributed by atoms with van der Waals surface area (Å²) in [6.45, 7) is 5.22. The van der Waals surface area contributed by atoms with Gasteiger partial charge in [0.1, 0.15) is 5.60 Å². The zero-order chi connectivity index (χ0) is 14.9. The van der Waals surface area contributed by atoms with Gasteiger partial charge in [0, 0.05) is 11.8 Å². The summed E-state index contributed by atoms with van der Waals surface area (Å²) in [7, 11) is 0. The van der Waals surface area contributed by atoms with Crippen molar-refractivity contribution in [1.82, 2.24) is 9.78 Å². The zero-order valence-electron chi connectivity index (χ0n) is 11.4. The van der Waals surface area contributed by atoms with Crippen molar-refractivity contribution in [3.8, 4) is 11.1 Å². The van der Waals surface area contributed by atoms with Gasteiger partial charge in [0.15, 0.2) is 11.6 Å². The molecule has 2 rings (SSSR count). The van der Waals surface area contributed by atoms with Gasteiger partial charge in [0.2, 0.25) is 0 Å². The second-order valence-corrected chi connectivity index (χ2v) is 5.28. The van der Waals surface area contributed by atoms with Crippen LogP contribution in [0.5, 0.6) is 0 Å². The number of hydrogen-bond acceptors (Lipinski definition) is 3. The molecule has 1 heterocycles. The molecular formula is C14H14F2N2O2. The van der Waals surface area contributed by atoms with Gasteiger partial charge in [0.05, 0.1) is 6.20 Å². The predicted octanol–water partition coefficient (Wildman–Crippen LogP) is 3.61. The lowest BCUT2D eigenvalue weighted by Gasteiger charge is -2.18. The van der Waals surface area contributed by atoms with E-state index in [1.54, 1.807) is 20.8 Å². The SMILES string of the molecule is CC(C)(C)OC(=O)n1cc(-c2ccc(F)c(F)c2)cn1. The Morgan fingerprint density at radius 1 is 1.20 bits per heavy atom. The number of benzene rings is 1. The molecule has 0 bridgehead atoms. The van der Waals surface area contributed by atoms with Crippen molar-refractivity contribution in [2.24, 2.45) is 0 Å². The molecular weight excluding hydrogens is 266 g/mol. The number of carbonyl (C=O) groups is 1. The number of hydrogen-bond donors (Lipinski definition) is 0. The first-order chi connectivity index (χ1) is 9.26. The van der Waals surface area contributed by atoms with Gasteiger partial charge >= 0.3 is 6.09 Å². The Hall–Kier alpha value is -2.24. The topological polar surface area (TPSA) is 44.1 Å². The largest absolute Gasteiger partial charge is 0.442 e. The van der Waals surface area contributed by atoms with Crippen LogP contribution in [0.1, 0.15) is 20.8 Å². The molecule has 0 amide bonds. The molecule has 0 spiro atoms. The first kappa shape index (κ1) is 14.2. The quantitative estimate of drug-likeness (QED) is 0.801. The van der Waals surface area contributed by atoms with E-state index < -0.39 is 23.3 Å². The van der Waals surface area contributed by atoms with Crippen molar-refractivity contribution in [1.29, 1.82) is 0 Å². The highest BCUT2D eigenvalue weighted by molar-refractivity contribution is 5.72. The smallest absolute Gasteiger partial charge is 0.435 e. The van der Waals surface area contributed by atoms with Gasteiger partial charge in [0.25, 0.3) is 0 Å². The Labute approximate surface area is 115 Å². The van der Waals surface area contributed by atoms with Gasteiger partial charge < -0.3 is 4.74 Å². The molecule has 0 fully saturated rings. The van der Waals surface area contributed by atoms with Crippen molar-refractivity contribution in [3.63, 3.8) is 0 Å². The molecule has 2 aromatic rings. The Morgan fingerprint density at radius 3 is 2.50 bits per heavy atom. The van der Waals surface area contributed by atoms with Crippen molar-refractivity contribution in [2.45, 2.75) is 26.4 Å². The summed E-state index contributed by atoms with van der Waals surface area (Å²) in [5.41, 5.74) is 0.291.